The van der Waals surface area contributed by atoms with E-state index < -0.39 is 0 Å². The van der Waals surface area contributed by atoms with Crippen LogP contribution in [-0.2, 0) is 38.5 Å². The Kier molecular flexibility index (Phi) is 16.5. The van der Waals surface area contributed by atoms with E-state index >= 15 is 0 Å². The highest BCUT2D eigenvalue weighted by Crippen LogP contribution is 2.34. The third-order valence-electron chi connectivity index (χ3n) is 18.4. The number of benzene rings is 9. The molecule has 3 saturated heterocycles. The molecule has 82 heavy (non-hydrogen) atoms. The lowest BCUT2D eigenvalue weighted by molar-refractivity contribution is 0.269. The SMILES string of the molecule is Clc1cccc(C2=NCC3CCCCN23)c1CCc1cccc2ccccc12.Clc1cccc(C2=NC[C@@H]3CCCN23)c1CCc1cccc2ccccc12.c1ccc(C2=NCC3CCCCN23)c(CCc2cccc3ccccc23)c1. The zero-order valence-electron chi connectivity index (χ0n) is 47.2. The minimum atomic E-state index is 0.591. The normalized spacial score (nSPS) is 19.0. The van der Waals surface area contributed by atoms with Crippen LogP contribution in [0.15, 0.2) is 203 Å². The van der Waals surface area contributed by atoms with Gasteiger partial charge in [-0.05, 0) is 168 Å². The number of aryl methyl sites for hydroxylation is 4. The Bertz CT molecular complexity index is 3830. The van der Waals surface area contributed by atoms with Crippen molar-refractivity contribution in [3.8, 4) is 0 Å². The van der Waals surface area contributed by atoms with E-state index in [-0.39, 0.29) is 0 Å². The van der Waals surface area contributed by atoms with Crippen LogP contribution < -0.4 is 0 Å². The number of rotatable bonds is 12. The lowest BCUT2D eigenvalue weighted by Gasteiger charge is -2.33. The fourth-order valence-corrected chi connectivity index (χ4v) is 14.7. The van der Waals surface area contributed by atoms with E-state index in [1.54, 1.807) is 0 Å². The van der Waals surface area contributed by atoms with Crippen molar-refractivity contribution in [2.75, 3.05) is 39.3 Å². The highest BCUT2D eigenvalue weighted by atomic mass is 35.5. The van der Waals surface area contributed by atoms with E-state index in [9.17, 15) is 0 Å². The summed E-state index contributed by atoms with van der Waals surface area (Å²) in [7, 11) is 0. The molecule has 8 heteroatoms. The van der Waals surface area contributed by atoms with Crippen LogP contribution in [-0.4, -0.2) is 89.6 Å². The topological polar surface area (TPSA) is 46.8 Å². The zero-order valence-corrected chi connectivity index (χ0v) is 48.7. The lowest BCUT2D eigenvalue weighted by atomic mass is 9.95. The molecule has 0 aliphatic carbocycles. The molecule has 0 amide bonds. The molecule has 0 bridgehead atoms. The summed E-state index contributed by atoms with van der Waals surface area (Å²) in [5.74, 6) is 3.57. The van der Waals surface area contributed by atoms with Crippen molar-refractivity contribution in [3.63, 3.8) is 0 Å². The first-order chi connectivity index (χ1) is 40.5. The number of fused-ring (bicyclic) bond motifs is 6. The van der Waals surface area contributed by atoms with Gasteiger partial charge in [-0.3, -0.25) is 15.0 Å². The maximum absolute atomic E-state index is 6.69. The second-order valence-corrected chi connectivity index (χ2v) is 24.1. The van der Waals surface area contributed by atoms with Gasteiger partial charge < -0.3 is 14.7 Å². The third-order valence-corrected chi connectivity index (χ3v) is 19.1. The minimum absolute atomic E-state index is 0.591. The van der Waals surface area contributed by atoms with Gasteiger partial charge in [-0.1, -0.05) is 199 Å². The molecule has 0 saturated carbocycles. The molecular formula is C74H74Cl2N6. The Morgan fingerprint density at radius 3 is 1.12 bits per heavy atom. The standard InChI is InChI=1S/C25H25ClN2.C25H26N2.C24H23ClN2/c26-24-13-6-12-23(25-27-17-20-10-3-4-16-28(20)25)22(24)15-14-19-9-5-8-18-7-1-2-11-21(18)19;1-3-13-23-19(8-1)10-7-11-20(23)15-16-21-9-2-4-14-24(21)25-26-18-22-12-5-6-17-27(22)25;25-23-12-4-11-22(24-26-16-19-9-5-15-27(19)24)21(23)14-13-18-8-3-7-17-6-1-2-10-20(17)18/h1-2,5-9,11-13,20H,3-4,10,14-17H2;1-4,7-11,13-14,22H,5-6,12,15-18H2;1-4,6-8,10-12,19H,5,9,13-16H2/t;;19-/m..0/s1. The summed E-state index contributed by atoms with van der Waals surface area (Å²) in [6, 6.07) is 69.1. The van der Waals surface area contributed by atoms with E-state index in [1.165, 1.54) is 152 Å². The van der Waals surface area contributed by atoms with Crippen LogP contribution in [0.3, 0.4) is 0 Å². The van der Waals surface area contributed by atoms with Crippen molar-refractivity contribution in [2.45, 2.75) is 108 Å². The zero-order chi connectivity index (χ0) is 55.2. The predicted octanol–water partition coefficient (Wildman–Crippen LogP) is 16.6. The Hall–Kier alpha value is -7.25. The molecule has 6 aliphatic rings. The van der Waals surface area contributed by atoms with Crippen molar-refractivity contribution < 1.29 is 0 Å². The van der Waals surface area contributed by atoms with Crippen molar-refractivity contribution in [2.24, 2.45) is 15.0 Å². The van der Waals surface area contributed by atoms with Crippen molar-refractivity contribution >= 4 is 73.0 Å². The number of halogens is 2. The molecular weight excluding hydrogens is 1040 g/mol. The van der Waals surface area contributed by atoms with Crippen molar-refractivity contribution in [3.05, 3.63) is 248 Å². The Labute approximate surface area is 495 Å². The van der Waals surface area contributed by atoms with Gasteiger partial charge in [-0.2, -0.15) is 0 Å². The molecule has 3 fully saturated rings. The number of hydrogen-bond acceptors (Lipinski definition) is 6. The first-order valence-electron chi connectivity index (χ1n) is 30.5. The van der Waals surface area contributed by atoms with Crippen molar-refractivity contribution in [1.82, 2.24) is 14.7 Å². The molecule has 0 N–H and O–H groups in total. The van der Waals surface area contributed by atoms with Crippen LogP contribution in [0.25, 0.3) is 32.3 Å². The minimum Gasteiger partial charge on any atom is -0.352 e. The Morgan fingerprint density at radius 2 is 0.646 bits per heavy atom. The van der Waals surface area contributed by atoms with Gasteiger partial charge in [0.05, 0.1) is 37.8 Å². The summed E-state index contributed by atoms with van der Waals surface area (Å²) < 4.78 is 0. The molecule has 414 valence electrons. The van der Waals surface area contributed by atoms with E-state index in [0.717, 1.165) is 87.1 Å². The van der Waals surface area contributed by atoms with E-state index in [4.69, 9.17) is 38.2 Å². The van der Waals surface area contributed by atoms with Gasteiger partial charge in [0.1, 0.15) is 17.5 Å². The number of hydrogen-bond donors (Lipinski definition) is 0. The highest BCUT2D eigenvalue weighted by Gasteiger charge is 2.35. The molecule has 9 aromatic rings. The molecule has 0 radical (unpaired) electrons. The predicted molar refractivity (Wildman–Crippen MR) is 346 cm³/mol. The van der Waals surface area contributed by atoms with E-state index in [0.29, 0.717) is 18.1 Å². The molecule has 6 aliphatic heterocycles. The van der Waals surface area contributed by atoms with Gasteiger partial charge in [0.25, 0.3) is 0 Å². The maximum Gasteiger partial charge on any atom is 0.131 e. The molecule has 6 heterocycles. The summed E-state index contributed by atoms with van der Waals surface area (Å²) in [5.41, 5.74) is 11.9. The van der Waals surface area contributed by atoms with Crippen LogP contribution in [0.5, 0.6) is 0 Å². The van der Waals surface area contributed by atoms with Gasteiger partial charge in [-0.25, -0.2) is 0 Å². The maximum atomic E-state index is 6.69. The highest BCUT2D eigenvalue weighted by molar-refractivity contribution is 6.32. The lowest BCUT2D eigenvalue weighted by Crippen LogP contribution is -2.41. The van der Waals surface area contributed by atoms with Gasteiger partial charge in [0.15, 0.2) is 0 Å². The molecule has 2 unspecified atom stereocenters. The number of amidine groups is 3. The third kappa shape index (κ3) is 11.5. The van der Waals surface area contributed by atoms with Crippen LogP contribution in [0.4, 0.5) is 0 Å². The first-order valence-corrected chi connectivity index (χ1v) is 31.2. The number of aliphatic imine (C=N–C) groups is 3. The molecule has 6 nitrogen and oxygen atoms in total. The van der Waals surface area contributed by atoms with Crippen LogP contribution in [0, 0.1) is 0 Å². The Morgan fingerprint density at radius 1 is 0.317 bits per heavy atom. The van der Waals surface area contributed by atoms with Gasteiger partial charge in [0, 0.05) is 46.4 Å². The van der Waals surface area contributed by atoms with Crippen molar-refractivity contribution in [1.29, 1.82) is 0 Å². The quantitative estimate of drug-likeness (QED) is 0.122. The van der Waals surface area contributed by atoms with E-state index in [1.807, 2.05) is 12.1 Å². The average Bonchev–Trinajstić information content (AvgIpc) is 4.54. The summed E-state index contributed by atoms with van der Waals surface area (Å²) in [5, 5.41) is 9.72. The molecule has 9 aromatic carbocycles. The molecule has 0 aromatic heterocycles. The number of nitrogens with zero attached hydrogens (tertiary/aromatic N) is 6. The smallest absolute Gasteiger partial charge is 0.131 e. The van der Waals surface area contributed by atoms with E-state index in [2.05, 4.69) is 191 Å². The fourth-order valence-electron chi connectivity index (χ4n) is 14.1. The van der Waals surface area contributed by atoms with Gasteiger partial charge in [0.2, 0.25) is 0 Å². The second kappa shape index (κ2) is 25.1. The average molecular weight is 1120 g/mol. The molecule has 0 spiro atoms. The largest absolute Gasteiger partial charge is 0.352 e. The fraction of sp³-hybridized carbons (Fsp3) is 0.311. The summed E-state index contributed by atoms with van der Waals surface area (Å²) in [4.78, 5) is 22.4. The summed E-state index contributed by atoms with van der Waals surface area (Å²) >= 11 is 13.4. The van der Waals surface area contributed by atoms with Gasteiger partial charge >= 0.3 is 0 Å². The molecule has 15 rings (SSSR count). The summed E-state index contributed by atoms with van der Waals surface area (Å²) in [6.45, 7) is 6.26. The van der Waals surface area contributed by atoms with Crippen LogP contribution in [0.1, 0.15) is 101 Å². The molecule has 3 atom stereocenters. The second-order valence-electron chi connectivity index (χ2n) is 23.3. The van der Waals surface area contributed by atoms with Gasteiger partial charge in [-0.15, -0.1) is 0 Å². The first kappa shape index (κ1) is 54.0. The van der Waals surface area contributed by atoms with Crippen LogP contribution in [0.2, 0.25) is 10.0 Å². The number of piperidine rings is 2. The summed E-state index contributed by atoms with van der Waals surface area (Å²) in [6.07, 6.45) is 16.3. The van der Waals surface area contributed by atoms with Crippen LogP contribution >= 0.6 is 23.2 Å². The Balaban J connectivity index is 0.000000115. The monoisotopic (exact) mass is 1120 g/mol.